The molecule has 1 aliphatic rings. The molecule has 0 aliphatic heterocycles. The van der Waals surface area contributed by atoms with E-state index >= 15 is 0 Å². The highest BCUT2D eigenvalue weighted by Gasteiger charge is 2.35. The van der Waals surface area contributed by atoms with E-state index in [2.05, 4.69) is 24.5 Å². The first-order chi connectivity index (χ1) is 12.0. The number of para-hydroxylation sites is 1. The summed E-state index contributed by atoms with van der Waals surface area (Å²) in [4.78, 5) is 24.4. The summed E-state index contributed by atoms with van der Waals surface area (Å²) in [7, 11) is 0. The molecule has 1 aromatic rings. The molecule has 0 aromatic heterocycles. The van der Waals surface area contributed by atoms with Gasteiger partial charge in [-0.1, -0.05) is 44.9 Å². The molecular weight excluding hydrogens is 314 g/mol. The Kier molecular flexibility index (Phi) is 7.29. The number of carbonyl (C=O) groups excluding carboxylic acids is 2. The fourth-order valence-corrected chi connectivity index (χ4v) is 3.65. The van der Waals surface area contributed by atoms with Crippen molar-refractivity contribution >= 4 is 17.5 Å². The summed E-state index contributed by atoms with van der Waals surface area (Å²) in [6.07, 6.45) is 4.32. The van der Waals surface area contributed by atoms with Gasteiger partial charge in [0.25, 0.3) is 0 Å². The number of anilines is 1. The number of amides is 2. The monoisotopic (exact) mass is 345 g/mol. The minimum atomic E-state index is -0.345. The van der Waals surface area contributed by atoms with Crippen LogP contribution in [0, 0.1) is 17.8 Å². The van der Waals surface area contributed by atoms with E-state index < -0.39 is 0 Å². The van der Waals surface area contributed by atoms with Gasteiger partial charge in [0.1, 0.15) is 0 Å². The van der Waals surface area contributed by atoms with E-state index in [4.69, 9.17) is 5.73 Å². The lowest BCUT2D eigenvalue weighted by Gasteiger charge is -2.30. The summed E-state index contributed by atoms with van der Waals surface area (Å²) in [6.45, 7) is 4.96. The van der Waals surface area contributed by atoms with Crippen molar-refractivity contribution in [3.63, 3.8) is 0 Å². The first kappa shape index (κ1) is 19.3. The molecule has 0 saturated heterocycles. The Morgan fingerprint density at radius 1 is 1.12 bits per heavy atom. The Bertz CT molecular complexity index is 559. The normalized spacial score (nSPS) is 21.6. The van der Waals surface area contributed by atoms with Crippen LogP contribution in [-0.4, -0.2) is 24.4 Å². The van der Waals surface area contributed by atoms with Crippen molar-refractivity contribution in [1.82, 2.24) is 5.32 Å². The third kappa shape index (κ3) is 6.07. The highest BCUT2D eigenvalue weighted by molar-refractivity contribution is 5.87. The van der Waals surface area contributed by atoms with Crippen LogP contribution in [0.3, 0.4) is 0 Å². The summed E-state index contributed by atoms with van der Waals surface area (Å²) in [6, 6.07) is 10.0. The molecular formula is C20H31N3O2. The molecule has 0 bridgehead atoms. The molecule has 1 aromatic carbocycles. The minimum absolute atomic E-state index is 0.0241. The fourth-order valence-electron chi connectivity index (χ4n) is 3.65. The quantitative estimate of drug-likeness (QED) is 0.677. The third-order valence-electron chi connectivity index (χ3n) is 4.90. The number of benzene rings is 1. The first-order valence-corrected chi connectivity index (χ1v) is 9.36. The van der Waals surface area contributed by atoms with Gasteiger partial charge in [0.05, 0.1) is 0 Å². The maximum Gasteiger partial charge on any atom is 0.224 e. The summed E-state index contributed by atoms with van der Waals surface area (Å²) in [5.74, 6) is -0.499. The van der Waals surface area contributed by atoms with Gasteiger partial charge < -0.3 is 16.4 Å². The van der Waals surface area contributed by atoms with E-state index in [1.807, 2.05) is 30.3 Å². The first-order valence-electron chi connectivity index (χ1n) is 9.36. The van der Waals surface area contributed by atoms with Gasteiger partial charge in [-0.25, -0.2) is 0 Å². The van der Waals surface area contributed by atoms with Crippen LogP contribution in [-0.2, 0) is 9.59 Å². The smallest absolute Gasteiger partial charge is 0.224 e. The zero-order valence-electron chi connectivity index (χ0n) is 15.3. The van der Waals surface area contributed by atoms with Crippen molar-refractivity contribution in [2.24, 2.45) is 23.5 Å². The molecule has 1 aliphatic carbocycles. The number of carbonyl (C=O) groups is 2. The molecule has 2 rings (SSSR count). The van der Waals surface area contributed by atoms with Crippen LogP contribution >= 0.6 is 0 Å². The Labute approximate surface area is 150 Å². The molecule has 4 N–H and O–H groups in total. The van der Waals surface area contributed by atoms with Crippen LogP contribution in [0.25, 0.3) is 0 Å². The summed E-state index contributed by atoms with van der Waals surface area (Å²) >= 11 is 0. The second-order valence-electron chi connectivity index (χ2n) is 7.48. The molecule has 5 nitrogen and oxygen atoms in total. The van der Waals surface area contributed by atoms with Crippen LogP contribution in [0.5, 0.6) is 0 Å². The predicted molar refractivity (Wildman–Crippen MR) is 101 cm³/mol. The summed E-state index contributed by atoms with van der Waals surface area (Å²) < 4.78 is 0. The van der Waals surface area contributed by atoms with Gasteiger partial charge >= 0.3 is 0 Å². The molecule has 5 heteroatoms. The molecule has 0 radical (unpaired) electrons. The molecule has 0 unspecified atom stereocenters. The minimum Gasteiger partial charge on any atom is -0.383 e. The Hall–Kier alpha value is -2.04. The van der Waals surface area contributed by atoms with Gasteiger partial charge in [-0.05, 0) is 37.3 Å². The van der Waals surface area contributed by atoms with Gasteiger partial charge in [-0.15, -0.1) is 0 Å². The lowest BCUT2D eigenvalue weighted by atomic mass is 9.78. The van der Waals surface area contributed by atoms with Crippen LogP contribution in [0.1, 0.15) is 46.0 Å². The SMILES string of the molecule is CC(C)C[C@@H](CNc1ccccc1)NC(=O)[C@@H]1CCCC[C@@H]1C(N)=O. The van der Waals surface area contributed by atoms with Gasteiger partial charge in [0, 0.05) is 30.1 Å². The van der Waals surface area contributed by atoms with Gasteiger partial charge in [-0.3, -0.25) is 9.59 Å². The lowest BCUT2D eigenvalue weighted by Crippen LogP contribution is -2.47. The van der Waals surface area contributed by atoms with Crippen molar-refractivity contribution < 1.29 is 9.59 Å². The zero-order valence-corrected chi connectivity index (χ0v) is 15.3. The average molecular weight is 345 g/mol. The summed E-state index contributed by atoms with van der Waals surface area (Å²) in [5.41, 5.74) is 6.55. The number of nitrogens with two attached hydrogens (primary N) is 1. The topological polar surface area (TPSA) is 84.2 Å². The van der Waals surface area contributed by atoms with Crippen molar-refractivity contribution in [1.29, 1.82) is 0 Å². The van der Waals surface area contributed by atoms with Crippen LogP contribution in [0.4, 0.5) is 5.69 Å². The third-order valence-corrected chi connectivity index (χ3v) is 4.90. The van der Waals surface area contributed by atoms with Crippen molar-refractivity contribution in [2.45, 2.75) is 52.0 Å². The van der Waals surface area contributed by atoms with E-state index in [1.165, 1.54) is 0 Å². The van der Waals surface area contributed by atoms with E-state index in [1.54, 1.807) is 0 Å². The Morgan fingerprint density at radius 2 is 1.76 bits per heavy atom. The highest BCUT2D eigenvalue weighted by atomic mass is 16.2. The van der Waals surface area contributed by atoms with Gasteiger partial charge in [0.2, 0.25) is 11.8 Å². The average Bonchev–Trinajstić information content (AvgIpc) is 2.60. The van der Waals surface area contributed by atoms with Crippen LogP contribution in [0.2, 0.25) is 0 Å². The Morgan fingerprint density at radius 3 is 2.36 bits per heavy atom. The largest absolute Gasteiger partial charge is 0.383 e. The number of hydrogen-bond donors (Lipinski definition) is 3. The van der Waals surface area contributed by atoms with Gasteiger partial charge in [0.15, 0.2) is 0 Å². The zero-order chi connectivity index (χ0) is 18.2. The van der Waals surface area contributed by atoms with Gasteiger partial charge in [-0.2, -0.15) is 0 Å². The fraction of sp³-hybridized carbons (Fsp3) is 0.600. The van der Waals surface area contributed by atoms with E-state index in [-0.39, 0.29) is 29.7 Å². The second kappa shape index (κ2) is 9.44. The molecule has 3 atom stereocenters. The molecule has 25 heavy (non-hydrogen) atoms. The maximum absolute atomic E-state index is 12.8. The molecule has 0 heterocycles. The molecule has 1 fully saturated rings. The summed E-state index contributed by atoms with van der Waals surface area (Å²) in [5, 5.41) is 6.55. The van der Waals surface area contributed by atoms with E-state index in [9.17, 15) is 9.59 Å². The number of rotatable bonds is 8. The van der Waals surface area contributed by atoms with Crippen molar-refractivity contribution in [3.8, 4) is 0 Å². The molecule has 138 valence electrons. The standard InChI is InChI=1S/C20H31N3O2/c1-14(2)12-16(13-22-15-8-4-3-5-9-15)23-20(25)18-11-7-6-10-17(18)19(21)24/h3-5,8-9,14,16-18,22H,6-7,10-13H2,1-2H3,(H2,21,24)(H,23,25)/t16-,17-,18+/m0/s1. The number of primary amides is 1. The lowest BCUT2D eigenvalue weighted by molar-refractivity contribution is -0.135. The van der Waals surface area contributed by atoms with Crippen molar-refractivity contribution in [3.05, 3.63) is 30.3 Å². The number of hydrogen-bond acceptors (Lipinski definition) is 3. The van der Waals surface area contributed by atoms with Crippen LogP contribution in [0.15, 0.2) is 30.3 Å². The predicted octanol–water partition coefficient (Wildman–Crippen LogP) is 2.92. The van der Waals surface area contributed by atoms with E-state index in [0.717, 1.165) is 37.8 Å². The molecule has 1 saturated carbocycles. The molecule has 0 spiro atoms. The van der Waals surface area contributed by atoms with Crippen molar-refractivity contribution in [2.75, 3.05) is 11.9 Å². The van der Waals surface area contributed by atoms with Crippen LogP contribution < -0.4 is 16.4 Å². The number of nitrogens with one attached hydrogen (secondary N) is 2. The van der Waals surface area contributed by atoms with E-state index in [0.29, 0.717) is 12.5 Å². The Balaban J connectivity index is 1.97. The second-order valence-corrected chi connectivity index (χ2v) is 7.48. The highest BCUT2D eigenvalue weighted by Crippen LogP contribution is 2.30. The maximum atomic E-state index is 12.8. The molecule has 2 amide bonds.